The Kier molecular flexibility index (Phi) is 2.40. The Hall–Kier alpha value is -1.12. The van der Waals surface area contributed by atoms with E-state index in [0.717, 1.165) is 27.1 Å². The fourth-order valence-electron chi connectivity index (χ4n) is 1.46. The van der Waals surface area contributed by atoms with E-state index in [2.05, 4.69) is 4.98 Å². The number of benzene rings is 1. The number of halogens is 1. The molecular weight excluding hydrogens is 198 g/mol. The lowest BCUT2D eigenvalue weighted by Crippen LogP contribution is -1.89. The van der Waals surface area contributed by atoms with Crippen LogP contribution in [0.15, 0.2) is 24.4 Å². The van der Waals surface area contributed by atoms with Gasteiger partial charge in [0.05, 0.1) is 12.1 Å². The topological polar surface area (TPSA) is 33.1 Å². The fraction of sp³-hybridized carbons (Fsp3) is 0.182. The Labute approximate surface area is 87.2 Å². The fourth-order valence-corrected chi connectivity index (χ4v) is 1.61. The van der Waals surface area contributed by atoms with E-state index in [0.29, 0.717) is 0 Å². The highest BCUT2D eigenvalue weighted by Crippen LogP contribution is 2.23. The van der Waals surface area contributed by atoms with E-state index in [9.17, 15) is 0 Å². The van der Waals surface area contributed by atoms with Crippen molar-refractivity contribution in [3.8, 4) is 0 Å². The summed E-state index contributed by atoms with van der Waals surface area (Å²) in [5.74, 6) is 0. The van der Waals surface area contributed by atoms with E-state index in [1.54, 1.807) is 6.20 Å². The Morgan fingerprint density at radius 2 is 2.21 bits per heavy atom. The quantitative estimate of drug-likeness (QED) is 0.780. The molecule has 1 aromatic heterocycles. The summed E-state index contributed by atoms with van der Waals surface area (Å²) in [4.78, 5) is 4.27. The number of aromatic nitrogens is 1. The van der Waals surface area contributed by atoms with Crippen LogP contribution in [0.5, 0.6) is 0 Å². The number of fused-ring (bicyclic) bond motifs is 1. The molecule has 0 saturated heterocycles. The van der Waals surface area contributed by atoms with Gasteiger partial charge in [0.25, 0.3) is 0 Å². The Morgan fingerprint density at radius 3 is 2.93 bits per heavy atom. The first-order valence-electron chi connectivity index (χ1n) is 4.37. The Bertz CT molecular complexity index is 482. The third-order valence-electron chi connectivity index (χ3n) is 2.28. The number of hydrogen-bond donors (Lipinski definition) is 1. The summed E-state index contributed by atoms with van der Waals surface area (Å²) < 4.78 is 0. The SMILES string of the molecule is Cc1c(Cl)ccc2cc(CO)cnc12. The molecule has 0 radical (unpaired) electrons. The van der Waals surface area contributed by atoms with E-state index in [-0.39, 0.29) is 6.61 Å². The lowest BCUT2D eigenvalue weighted by Gasteiger charge is -2.04. The zero-order chi connectivity index (χ0) is 10.1. The number of aliphatic hydroxyl groups excluding tert-OH is 1. The van der Waals surface area contributed by atoms with Crippen molar-refractivity contribution in [1.29, 1.82) is 0 Å². The highest BCUT2D eigenvalue weighted by atomic mass is 35.5. The molecule has 0 bridgehead atoms. The lowest BCUT2D eigenvalue weighted by atomic mass is 10.1. The monoisotopic (exact) mass is 207 g/mol. The van der Waals surface area contributed by atoms with Crippen LogP contribution in [0.25, 0.3) is 10.9 Å². The minimum Gasteiger partial charge on any atom is -0.392 e. The molecular formula is C11H10ClNO. The average molecular weight is 208 g/mol. The molecule has 1 aromatic carbocycles. The van der Waals surface area contributed by atoms with Gasteiger partial charge in [-0.05, 0) is 30.2 Å². The van der Waals surface area contributed by atoms with Crippen molar-refractivity contribution in [3.05, 3.63) is 40.5 Å². The van der Waals surface area contributed by atoms with Crippen LogP contribution in [0.3, 0.4) is 0 Å². The van der Waals surface area contributed by atoms with Crippen molar-refractivity contribution in [2.24, 2.45) is 0 Å². The number of hydrogen-bond acceptors (Lipinski definition) is 2. The second-order valence-electron chi connectivity index (χ2n) is 3.25. The molecule has 0 unspecified atom stereocenters. The number of aryl methyl sites for hydroxylation is 1. The van der Waals surface area contributed by atoms with Gasteiger partial charge in [0.1, 0.15) is 0 Å². The second-order valence-corrected chi connectivity index (χ2v) is 3.65. The zero-order valence-corrected chi connectivity index (χ0v) is 8.54. The standard InChI is InChI=1S/C11H10ClNO/c1-7-10(12)3-2-9-4-8(6-14)5-13-11(7)9/h2-5,14H,6H2,1H3. The maximum atomic E-state index is 8.95. The molecule has 72 valence electrons. The molecule has 0 spiro atoms. The minimum absolute atomic E-state index is 0.0185. The highest BCUT2D eigenvalue weighted by Gasteiger charge is 2.03. The molecule has 2 aromatic rings. The smallest absolute Gasteiger partial charge is 0.0746 e. The largest absolute Gasteiger partial charge is 0.392 e. The molecule has 0 aliphatic carbocycles. The number of aliphatic hydroxyl groups is 1. The summed E-state index contributed by atoms with van der Waals surface area (Å²) in [6.45, 7) is 1.96. The van der Waals surface area contributed by atoms with Gasteiger partial charge in [0.2, 0.25) is 0 Å². The van der Waals surface area contributed by atoms with E-state index < -0.39 is 0 Å². The molecule has 0 aliphatic heterocycles. The first-order chi connectivity index (χ1) is 6.72. The number of rotatable bonds is 1. The van der Waals surface area contributed by atoms with Crippen LogP contribution in [-0.4, -0.2) is 10.1 Å². The first-order valence-corrected chi connectivity index (χ1v) is 4.75. The number of nitrogens with zero attached hydrogens (tertiary/aromatic N) is 1. The van der Waals surface area contributed by atoms with Crippen LogP contribution in [0.2, 0.25) is 5.02 Å². The van der Waals surface area contributed by atoms with E-state index >= 15 is 0 Å². The van der Waals surface area contributed by atoms with E-state index in [1.165, 1.54) is 0 Å². The van der Waals surface area contributed by atoms with Crippen molar-refractivity contribution >= 4 is 22.5 Å². The number of pyridine rings is 1. The second kappa shape index (κ2) is 3.56. The van der Waals surface area contributed by atoms with Gasteiger partial charge in [0, 0.05) is 16.6 Å². The summed E-state index contributed by atoms with van der Waals surface area (Å²) >= 11 is 5.97. The van der Waals surface area contributed by atoms with Crippen LogP contribution in [0.4, 0.5) is 0 Å². The molecule has 0 saturated carbocycles. The summed E-state index contributed by atoms with van der Waals surface area (Å²) in [6, 6.07) is 5.69. The normalized spacial score (nSPS) is 10.8. The Morgan fingerprint density at radius 1 is 1.43 bits per heavy atom. The zero-order valence-electron chi connectivity index (χ0n) is 7.79. The van der Waals surface area contributed by atoms with E-state index in [4.69, 9.17) is 16.7 Å². The van der Waals surface area contributed by atoms with Crippen molar-refractivity contribution < 1.29 is 5.11 Å². The molecule has 14 heavy (non-hydrogen) atoms. The molecule has 1 N–H and O–H groups in total. The Balaban J connectivity index is 2.74. The van der Waals surface area contributed by atoms with Crippen LogP contribution in [0.1, 0.15) is 11.1 Å². The van der Waals surface area contributed by atoms with Gasteiger partial charge in [-0.2, -0.15) is 0 Å². The van der Waals surface area contributed by atoms with E-state index in [1.807, 2.05) is 25.1 Å². The third kappa shape index (κ3) is 1.47. The predicted molar refractivity (Wildman–Crippen MR) is 57.4 cm³/mol. The third-order valence-corrected chi connectivity index (χ3v) is 2.69. The maximum absolute atomic E-state index is 8.95. The van der Waals surface area contributed by atoms with Crippen LogP contribution in [-0.2, 0) is 6.61 Å². The van der Waals surface area contributed by atoms with Crippen molar-refractivity contribution in [2.75, 3.05) is 0 Å². The van der Waals surface area contributed by atoms with Crippen molar-refractivity contribution in [1.82, 2.24) is 4.98 Å². The molecule has 2 rings (SSSR count). The van der Waals surface area contributed by atoms with Crippen LogP contribution in [0, 0.1) is 6.92 Å². The van der Waals surface area contributed by atoms with Gasteiger partial charge in [-0.1, -0.05) is 17.7 Å². The summed E-state index contributed by atoms with van der Waals surface area (Å²) in [7, 11) is 0. The summed E-state index contributed by atoms with van der Waals surface area (Å²) in [5.41, 5.74) is 2.70. The maximum Gasteiger partial charge on any atom is 0.0746 e. The molecule has 0 fully saturated rings. The van der Waals surface area contributed by atoms with Gasteiger partial charge >= 0.3 is 0 Å². The van der Waals surface area contributed by atoms with Crippen LogP contribution >= 0.6 is 11.6 Å². The van der Waals surface area contributed by atoms with Gasteiger partial charge < -0.3 is 5.11 Å². The van der Waals surface area contributed by atoms with Crippen molar-refractivity contribution in [3.63, 3.8) is 0 Å². The summed E-state index contributed by atoms with van der Waals surface area (Å²) in [5, 5.41) is 10.7. The van der Waals surface area contributed by atoms with Gasteiger partial charge in [-0.15, -0.1) is 0 Å². The van der Waals surface area contributed by atoms with Gasteiger partial charge in [-0.25, -0.2) is 0 Å². The predicted octanol–water partition coefficient (Wildman–Crippen LogP) is 2.69. The molecule has 0 amide bonds. The van der Waals surface area contributed by atoms with Gasteiger partial charge in [0.15, 0.2) is 0 Å². The molecule has 0 aliphatic rings. The summed E-state index contributed by atoms with van der Waals surface area (Å²) in [6.07, 6.45) is 1.67. The molecule has 3 heteroatoms. The van der Waals surface area contributed by atoms with Gasteiger partial charge in [-0.3, -0.25) is 4.98 Å². The molecule has 1 heterocycles. The minimum atomic E-state index is 0.0185. The molecule has 2 nitrogen and oxygen atoms in total. The highest BCUT2D eigenvalue weighted by molar-refractivity contribution is 6.32. The molecule has 0 atom stereocenters. The van der Waals surface area contributed by atoms with Crippen LogP contribution < -0.4 is 0 Å². The lowest BCUT2D eigenvalue weighted by molar-refractivity contribution is 0.281. The average Bonchev–Trinajstić information content (AvgIpc) is 2.23. The first kappa shape index (κ1) is 9.44. The van der Waals surface area contributed by atoms with Crippen molar-refractivity contribution in [2.45, 2.75) is 13.5 Å².